The largest absolute Gasteiger partial charge is 0.378 e. The minimum Gasteiger partial charge on any atom is -0.378 e. The van der Waals surface area contributed by atoms with Crippen LogP contribution in [0.2, 0.25) is 0 Å². The van der Waals surface area contributed by atoms with Gasteiger partial charge in [0.05, 0.1) is 18.6 Å². The molecule has 1 saturated heterocycles. The lowest BCUT2D eigenvalue weighted by Crippen LogP contribution is -2.35. The van der Waals surface area contributed by atoms with Crippen LogP contribution in [0.5, 0.6) is 0 Å². The van der Waals surface area contributed by atoms with Crippen molar-refractivity contribution in [1.82, 2.24) is 5.32 Å². The van der Waals surface area contributed by atoms with E-state index in [2.05, 4.69) is 11.2 Å². The van der Waals surface area contributed by atoms with Gasteiger partial charge in [-0.15, -0.1) is 6.42 Å². The molecule has 3 heteroatoms. The second-order valence-electron chi connectivity index (χ2n) is 3.53. The fraction of sp³-hybridized carbons (Fsp3) is 0.727. The lowest BCUT2D eigenvalue weighted by Gasteiger charge is -2.13. The van der Waals surface area contributed by atoms with Gasteiger partial charge in [-0.25, -0.2) is 0 Å². The summed E-state index contributed by atoms with van der Waals surface area (Å²) in [6, 6.07) is -0.135. The molecule has 0 spiro atoms. The SMILES string of the molecule is C#CC(CC)NC(=O)CC1CCCO1. The van der Waals surface area contributed by atoms with Gasteiger partial charge in [-0.3, -0.25) is 4.79 Å². The van der Waals surface area contributed by atoms with E-state index in [1.807, 2.05) is 6.92 Å². The van der Waals surface area contributed by atoms with Crippen molar-refractivity contribution in [3.63, 3.8) is 0 Å². The van der Waals surface area contributed by atoms with Crippen LogP contribution >= 0.6 is 0 Å². The van der Waals surface area contributed by atoms with Gasteiger partial charge in [0, 0.05) is 6.61 Å². The summed E-state index contributed by atoms with van der Waals surface area (Å²) >= 11 is 0. The smallest absolute Gasteiger partial charge is 0.223 e. The van der Waals surface area contributed by atoms with E-state index in [0.29, 0.717) is 6.42 Å². The predicted octanol–water partition coefficient (Wildman–Crippen LogP) is 1.08. The molecule has 3 nitrogen and oxygen atoms in total. The molecule has 1 fully saturated rings. The van der Waals surface area contributed by atoms with E-state index in [-0.39, 0.29) is 18.1 Å². The number of ether oxygens (including phenoxy) is 1. The van der Waals surface area contributed by atoms with E-state index in [4.69, 9.17) is 11.2 Å². The average Bonchev–Trinajstić information content (AvgIpc) is 2.66. The topological polar surface area (TPSA) is 38.3 Å². The lowest BCUT2D eigenvalue weighted by atomic mass is 10.1. The maximum absolute atomic E-state index is 11.4. The molecule has 2 atom stereocenters. The van der Waals surface area contributed by atoms with Crippen molar-refractivity contribution in [3.05, 3.63) is 0 Å². The number of hydrogen-bond acceptors (Lipinski definition) is 2. The summed E-state index contributed by atoms with van der Waals surface area (Å²) in [6.07, 6.45) is 8.61. The van der Waals surface area contributed by atoms with E-state index in [1.165, 1.54) is 0 Å². The highest BCUT2D eigenvalue weighted by Gasteiger charge is 2.19. The highest BCUT2D eigenvalue weighted by Crippen LogP contribution is 2.14. The fourth-order valence-corrected chi connectivity index (χ4v) is 1.53. The monoisotopic (exact) mass is 195 g/mol. The molecule has 1 aliphatic heterocycles. The normalized spacial score (nSPS) is 22.7. The number of nitrogens with one attached hydrogen (secondary N) is 1. The maximum Gasteiger partial charge on any atom is 0.223 e. The molecule has 0 bridgehead atoms. The second-order valence-corrected chi connectivity index (χ2v) is 3.53. The van der Waals surface area contributed by atoms with Crippen LogP contribution in [0, 0.1) is 12.3 Å². The molecule has 1 N–H and O–H groups in total. The van der Waals surface area contributed by atoms with E-state index in [0.717, 1.165) is 25.9 Å². The number of terminal acetylenes is 1. The Hall–Kier alpha value is -1.01. The summed E-state index contributed by atoms with van der Waals surface area (Å²) in [6.45, 7) is 2.74. The van der Waals surface area contributed by atoms with Crippen molar-refractivity contribution in [2.24, 2.45) is 0 Å². The quantitative estimate of drug-likeness (QED) is 0.682. The Bertz CT molecular complexity index is 226. The number of amides is 1. The van der Waals surface area contributed by atoms with Crippen LogP contribution in [-0.4, -0.2) is 24.7 Å². The Labute approximate surface area is 85.2 Å². The number of hydrogen-bond donors (Lipinski definition) is 1. The van der Waals surface area contributed by atoms with Gasteiger partial charge in [0.15, 0.2) is 0 Å². The zero-order chi connectivity index (χ0) is 10.4. The summed E-state index contributed by atoms with van der Waals surface area (Å²) < 4.78 is 5.36. The van der Waals surface area contributed by atoms with Crippen molar-refractivity contribution in [3.8, 4) is 12.3 Å². The first-order valence-electron chi connectivity index (χ1n) is 5.13. The summed E-state index contributed by atoms with van der Waals surface area (Å²) in [4.78, 5) is 11.4. The highest BCUT2D eigenvalue weighted by molar-refractivity contribution is 5.77. The molecule has 1 amide bonds. The fourth-order valence-electron chi connectivity index (χ4n) is 1.53. The Balaban J connectivity index is 2.24. The molecule has 1 aliphatic rings. The lowest BCUT2D eigenvalue weighted by molar-refractivity contribution is -0.123. The minimum atomic E-state index is -0.135. The van der Waals surface area contributed by atoms with Gasteiger partial charge >= 0.3 is 0 Å². The number of carbonyl (C=O) groups is 1. The summed E-state index contributed by atoms with van der Waals surface area (Å²) in [5, 5.41) is 2.79. The highest BCUT2D eigenvalue weighted by atomic mass is 16.5. The molecule has 1 rings (SSSR count). The first kappa shape index (κ1) is 11.1. The van der Waals surface area contributed by atoms with Gasteiger partial charge in [0.25, 0.3) is 0 Å². The summed E-state index contributed by atoms with van der Waals surface area (Å²) in [5.74, 6) is 2.54. The molecule has 0 saturated carbocycles. The Morgan fingerprint density at radius 1 is 1.79 bits per heavy atom. The molecule has 0 aromatic heterocycles. The van der Waals surface area contributed by atoms with Gasteiger partial charge in [0.2, 0.25) is 5.91 Å². The standard InChI is InChI=1S/C11H17NO2/c1-3-9(4-2)12-11(13)8-10-6-5-7-14-10/h1,9-10H,4-8H2,2H3,(H,12,13). The number of rotatable bonds is 4. The molecular formula is C11H17NO2. The van der Waals surface area contributed by atoms with Crippen LogP contribution < -0.4 is 5.32 Å². The van der Waals surface area contributed by atoms with Gasteiger partial charge in [-0.1, -0.05) is 12.8 Å². The Kier molecular flexibility index (Phi) is 4.48. The zero-order valence-electron chi connectivity index (χ0n) is 8.58. The zero-order valence-corrected chi connectivity index (χ0v) is 8.58. The first-order valence-corrected chi connectivity index (χ1v) is 5.13. The molecule has 0 aromatic carbocycles. The number of carbonyl (C=O) groups excluding carboxylic acids is 1. The van der Waals surface area contributed by atoms with E-state index >= 15 is 0 Å². The van der Waals surface area contributed by atoms with Crippen LogP contribution in [0.1, 0.15) is 32.6 Å². The van der Waals surface area contributed by atoms with E-state index in [9.17, 15) is 4.79 Å². The summed E-state index contributed by atoms with van der Waals surface area (Å²) in [7, 11) is 0. The Morgan fingerprint density at radius 3 is 3.07 bits per heavy atom. The minimum absolute atomic E-state index is 0.00157. The van der Waals surface area contributed by atoms with Crippen molar-refractivity contribution in [2.45, 2.75) is 44.8 Å². The van der Waals surface area contributed by atoms with Crippen LogP contribution in [-0.2, 0) is 9.53 Å². The maximum atomic E-state index is 11.4. The van der Waals surface area contributed by atoms with Crippen LogP contribution in [0.4, 0.5) is 0 Å². The summed E-state index contributed by atoms with van der Waals surface area (Å²) in [5.41, 5.74) is 0. The molecule has 78 valence electrons. The third kappa shape index (κ3) is 3.39. The molecular weight excluding hydrogens is 178 g/mol. The molecule has 0 aliphatic carbocycles. The molecule has 0 radical (unpaired) electrons. The van der Waals surface area contributed by atoms with Gasteiger partial charge in [-0.2, -0.15) is 0 Å². The van der Waals surface area contributed by atoms with Crippen molar-refractivity contribution < 1.29 is 9.53 Å². The third-order valence-corrected chi connectivity index (χ3v) is 2.38. The van der Waals surface area contributed by atoms with Gasteiger partial charge in [-0.05, 0) is 19.3 Å². The van der Waals surface area contributed by atoms with Crippen molar-refractivity contribution >= 4 is 5.91 Å². The van der Waals surface area contributed by atoms with E-state index < -0.39 is 0 Å². The molecule has 14 heavy (non-hydrogen) atoms. The molecule has 2 unspecified atom stereocenters. The molecule has 1 heterocycles. The average molecular weight is 195 g/mol. The van der Waals surface area contributed by atoms with Crippen LogP contribution in [0.25, 0.3) is 0 Å². The Morgan fingerprint density at radius 2 is 2.57 bits per heavy atom. The van der Waals surface area contributed by atoms with Crippen LogP contribution in [0.15, 0.2) is 0 Å². The third-order valence-electron chi connectivity index (χ3n) is 2.38. The second kappa shape index (κ2) is 5.66. The van der Waals surface area contributed by atoms with Crippen molar-refractivity contribution in [2.75, 3.05) is 6.61 Å². The molecule has 0 aromatic rings. The van der Waals surface area contributed by atoms with Gasteiger partial charge in [0.1, 0.15) is 0 Å². The van der Waals surface area contributed by atoms with Crippen molar-refractivity contribution in [1.29, 1.82) is 0 Å². The first-order chi connectivity index (χ1) is 6.76. The van der Waals surface area contributed by atoms with E-state index in [1.54, 1.807) is 0 Å². The van der Waals surface area contributed by atoms with Crippen LogP contribution in [0.3, 0.4) is 0 Å². The van der Waals surface area contributed by atoms with Gasteiger partial charge < -0.3 is 10.1 Å². The predicted molar refractivity (Wildman–Crippen MR) is 54.6 cm³/mol.